The fourth-order valence-electron chi connectivity index (χ4n) is 1.81. The monoisotopic (exact) mass is 215 g/mol. The molecule has 3 N–H and O–H groups in total. The number of hydrogen-bond acceptors (Lipinski definition) is 2. The summed E-state index contributed by atoms with van der Waals surface area (Å²) in [5.41, 5.74) is 8.01. The molecule has 2 aromatic rings. The summed E-state index contributed by atoms with van der Waals surface area (Å²) in [7, 11) is 0. The van der Waals surface area contributed by atoms with E-state index in [4.69, 9.17) is 5.73 Å². The fourth-order valence-corrected chi connectivity index (χ4v) is 1.81. The number of aromatic amines is 1. The van der Waals surface area contributed by atoms with Gasteiger partial charge in [0.2, 0.25) is 0 Å². The van der Waals surface area contributed by atoms with Crippen molar-refractivity contribution in [2.75, 3.05) is 6.54 Å². The molecule has 0 aliphatic rings. The summed E-state index contributed by atoms with van der Waals surface area (Å²) in [6.45, 7) is 2.94. The van der Waals surface area contributed by atoms with E-state index in [1.165, 1.54) is 5.56 Å². The molecule has 0 aliphatic heterocycles. The van der Waals surface area contributed by atoms with E-state index in [0.717, 1.165) is 24.4 Å². The van der Waals surface area contributed by atoms with Crippen LogP contribution in [-0.4, -0.2) is 16.5 Å². The lowest BCUT2D eigenvalue weighted by atomic mass is 9.97. The minimum atomic E-state index is 0.524. The van der Waals surface area contributed by atoms with Crippen molar-refractivity contribution in [3.05, 3.63) is 42.2 Å². The van der Waals surface area contributed by atoms with Crippen molar-refractivity contribution in [1.82, 2.24) is 9.97 Å². The van der Waals surface area contributed by atoms with E-state index >= 15 is 0 Å². The van der Waals surface area contributed by atoms with Gasteiger partial charge in [-0.1, -0.05) is 31.2 Å². The number of nitrogens with one attached hydrogen (secondary N) is 1. The normalized spacial score (nSPS) is 12.6. The summed E-state index contributed by atoms with van der Waals surface area (Å²) in [6.07, 6.45) is 4.63. The first-order chi connectivity index (χ1) is 7.81. The molecule has 1 aromatic heterocycles. The second-order valence-corrected chi connectivity index (χ2v) is 4.04. The molecule has 3 heteroatoms. The van der Waals surface area contributed by atoms with Gasteiger partial charge in [-0.15, -0.1) is 0 Å². The summed E-state index contributed by atoms with van der Waals surface area (Å²) in [5, 5.41) is 0. The van der Waals surface area contributed by atoms with Crippen LogP contribution in [0.4, 0.5) is 0 Å². The first-order valence-corrected chi connectivity index (χ1v) is 5.61. The van der Waals surface area contributed by atoms with Crippen molar-refractivity contribution in [3.63, 3.8) is 0 Å². The van der Waals surface area contributed by atoms with Gasteiger partial charge in [-0.3, -0.25) is 0 Å². The molecule has 1 atom stereocenters. The van der Waals surface area contributed by atoms with Crippen LogP contribution in [0, 0.1) is 0 Å². The minimum absolute atomic E-state index is 0.524. The highest BCUT2D eigenvalue weighted by atomic mass is 14.9. The molecule has 0 radical (unpaired) electrons. The molecule has 0 amide bonds. The number of nitrogens with two attached hydrogens (primary N) is 1. The molecule has 0 spiro atoms. The van der Waals surface area contributed by atoms with E-state index in [1.807, 2.05) is 6.20 Å². The Morgan fingerprint density at radius 1 is 1.31 bits per heavy atom. The van der Waals surface area contributed by atoms with Crippen molar-refractivity contribution in [1.29, 1.82) is 0 Å². The van der Waals surface area contributed by atoms with Crippen molar-refractivity contribution in [2.45, 2.75) is 19.3 Å². The van der Waals surface area contributed by atoms with Crippen molar-refractivity contribution in [2.24, 2.45) is 5.73 Å². The summed E-state index contributed by atoms with van der Waals surface area (Å²) in [4.78, 5) is 7.32. The quantitative estimate of drug-likeness (QED) is 0.823. The van der Waals surface area contributed by atoms with Gasteiger partial charge < -0.3 is 10.7 Å². The lowest BCUT2D eigenvalue weighted by Gasteiger charge is -2.10. The molecule has 1 aromatic carbocycles. The molecule has 0 saturated carbocycles. The molecule has 84 valence electrons. The van der Waals surface area contributed by atoms with Gasteiger partial charge in [-0.25, -0.2) is 4.98 Å². The van der Waals surface area contributed by atoms with Gasteiger partial charge in [0, 0.05) is 18.0 Å². The summed E-state index contributed by atoms with van der Waals surface area (Å²) in [5.74, 6) is 1.44. The van der Waals surface area contributed by atoms with Gasteiger partial charge in [0.25, 0.3) is 0 Å². The van der Waals surface area contributed by atoms with E-state index in [2.05, 4.69) is 41.2 Å². The van der Waals surface area contributed by atoms with Gasteiger partial charge >= 0.3 is 0 Å². The predicted octanol–water partition coefficient (Wildman–Crippen LogP) is 2.53. The molecule has 0 bridgehead atoms. The van der Waals surface area contributed by atoms with Gasteiger partial charge in [0.05, 0.1) is 0 Å². The number of hydrogen-bond donors (Lipinski definition) is 2. The second kappa shape index (κ2) is 4.94. The van der Waals surface area contributed by atoms with Crippen molar-refractivity contribution < 1.29 is 0 Å². The maximum Gasteiger partial charge on any atom is 0.137 e. The molecule has 16 heavy (non-hydrogen) atoms. The highest BCUT2D eigenvalue weighted by Crippen LogP contribution is 2.21. The first kappa shape index (κ1) is 10.9. The van der Waals surface area contributed by atoms with Crippen LogP contribution in [0.1, 0.15) is 24.8 Å². The molecular formula is C13H17N3. The first-order valence-electron chi connectivity index (χ1n) is 5.61. The second-order valence-electron chi connectivity index (χ2n) is 4.04. The zero-order valence-electron chi connectivity index (χ0n) is 9.48. The Morgan fingerprint density at radius 3 is 2.62 bits per heavy atom. The van der Waals surface area contributed by atoms with Crippen LogP contribution >= 0.6 is 0 Å². The third-order valence-electron chi connectivity index (χ3n) is 2.85. The van der Waals surface area contributed by atoms with E-state index in [9.17, 15) is 0 Å². The van der Waals surface area contributed by atoms with E-state index in [0.29, 0.717) is 5.92 Å². The molecule has 0 saturated heterocycles. The fraction of sp³-hybridized carbons (Fsp3) is 0.308. The summed E-state index contributed by atoms with van der Waals surface area (Å²) < 4.78 is 0. The van der Waals surface area contributed by atoms with Crippen LogP contribution < -0.4 is 5.73 Å². The van der Waals surface area contributed by atoms with Crippen LogP contribution in [0.25, 0.3) is 11.4 Å². The number of aromatic nitrogens is 2. The Hall–Kier alpha value is -1.61. The lowest BCUT2D eigenvalue weighted by Crippen LogP contribution is -2.04. The molecule has 0 aliphatic carbocycles. The zero-order valence-corrected chi connectivity index (χ0v) is 9.48. The maximum absolute atomic E-state index is 5.56. The number of nitrogens with zero attached hydrogens (tertiary/aromatic N) is 1. The van der Waals surface area contributed by atoms with Crippen molar-refractivity contribution in [3.8, 4) is 11.4 Å². The molecule has 0 fully saturated rings. The average molecular weight is 215 g/mol. The van der Waals surface area contributed by atoms with Gasteiger partial charge in [0.15, 0.2) is 0 Å². The highest BCUT2D eigenvalue weighted by Gasteiger charge is 2.05. The third kappa shape index (κ3) is 2.31. The van der Waals surface area contributed by atoms with Crippen LogP contribution in [0.3, 0.4) is 0 Å². The summed E-state index contributed by atoms with van der Waals surface area (Å²) in [6, 6.07) is 8.50. The molecule has 1 heterocycles. The topological polar surface area (TPSA) is 54.7 Å². The number of rotatable bonds is 4. The summed E-state index contributed by atoms with van der Waals surface area (Å²) >= 11 is 0. The Labute approximate surface area is 95.7 Å². The van der Waals surface area contributed by atoms with Crippen LogP contribution in [0.2, 0.25) is 0 Å². The van der Waals surface area contributed by atoms with E-state index in [-0.39, 0.29) is 0 Å². The highest BCUT2D eigenvalue weighted by molar-refractivity contribution is 5.55. The van der Waals surface area contributed by atoms with Crippen LogP contribution in [-0.2, 0) is 0 Å². The van der Waals surface area contributed by atoms with E-state index < -0.39 is 0 Å². The molecule has 1 unspecified atom stereocenters. The average Bonchev–Trinajstić information content (AvgIpc) is 2.83. The number of benzene rings is 1. The van der Waals surface area contributed by atoms with Gasteiger partial charge in [-0.2, -0.15) is 0 Å². The standard InChI is InChI=1S/C13H17N3/c1-10(6-7-14)11-2-4-12(5-3-11)13-15-8-9-16-13/h2-5,8-10H,6-7,14H2,1H3,(H,15,16). The Kier molecular flexibility index (Phi) is 3.37. The molecule has 3 nitrogen and oxygen atoms in total. The van der Waals surface area contributed by atoms with Gasteiger partial charge in [0.1, 0.15) is 5.82 Å². The lowest BCUT2D eigenvalue weighted by molar-refractivity contribution is 0.690. The Bertz CT molecular complexity index is 417. The smallest absolute Gasteiger partial charge is 0.137 e. The van der Waals surface area contributed by atoms with Gasteiger partial charge in [-0.05, 0) is 24.4 Å². The number of imidazole rings is 1. The third-order valence-corrected chi connectivity index (χ3v) is 2.85. The maximum atomic E-state index is 5.56. The molecular weight excluding hydrogens is 198 g/mol. The number of H-pyrrole nitrogens is 1. The minimum Gasteiger partial charge on any atom is -0.345 e. The SMILES string of the molecule is CC(CCN)c1ccc(-c2ncc[nH]2)cc1. The predicted molar refractivity (Wildman–Crippen MR) is 66.1 cm³/mol. The molecule has 2 rings (SSSR count). The van der Waals surface area contributed by atoms with Crippen molar-refractivity contribution >= 4 is 0 Å². The Morgan fingerprint density at radius 2 is 2.06 bits per heavy atom. The van der Waals surface area contributed by atoms with Crippen LogP contribution in [0.5, 0.6) is 0 Å². The van der Waals surface area contributed by atoms with Crippen LogP contribution in [0.15, 0.2) is 36.7 Å². The Balaban J connectivity index is 2.16. The largest absolute Gasteiger partial charge is 0.345 e. The van der Waals surface area contributed by atoms with E-state index in [1.54, 1.807) is 6.20 Å². The zero-order chi connectivity index (χ0) is 11.4.